The maximum absolute atomic E-state index is 12.6. The third-order valence-electron chi connectivity index (χ3n) is 2.21. The monoisotopic (exact) mass is 239 g/mol. The van der Waals surface area contributed by atoms with Crippen molar-refractivity contribution in [2.75, 3.05) is 6.54 Å². The summed E-state index contributed by atoms with van der Waals surface area (Å²) in [6, 6.07) is 5.25. The van der Waals surface area contributed by atoms with Crippen molar-refractivity contribution in [1.82, 2.24) is 5.32 Å². The van der Waals surface area contributed by atoms with Gasteiger partial charge in [-0.1, -0.05) is 0 Å². The van der Waals surface area contributed by atoms with Gasteiger partial charge in [-0.15, -0.1) is 0 Å². The third-order valence-corrected chi connectivity index (χ3v) is 2.21. The zero-order valence-corrected chi connectivity index (χ0v) is 9.28. The molecule has 0 aromatic heterocycles. The van der Waals surface area contributed by atoms with Crippen LogP contribution in [0.15, 0.2) is 24.3 Å². The Balaban J connectivity index is 2.25. The van der Waals surface area contributed by atoms with Crippen molar-refractivity contribution < 1.29 is 19.1 Å². The molecular formula is C12H14FNO3. The first-order valence-corrected chi connectivity index (χ1v) is 5.35. The quantitative estimate of drug-likeness (QED) is 0.744. The highest BCUT2D eigenvalue weighted by atomic mass is 19.1. The fraction of sp³-hybridized carbons (Fsp3) is 0.333. The van der Waals surface area contributed by atoms with Gasteiger partial charge in [0.1, 0.15) is 5.82 Å². The highest BCUT2D eigenvalue weighted by Gasteiger charge is 2.04. The van der Waals surface area contributed by atoms with E-state index in [1.54, 1.807) is 0 Å². The summed E-state index contributed by atoms with van der Waals surface area (Å²) < 4.78 is 12.6. The number of aliphatic carboxylic acids is 1. The molecule has 92 valence electrons. The van der Waals surface area contributed by atoms with Crippen molar-refractivity contribution in [3.8, 4) is 0 Å². The summed E-state index contributed by atoms with van der Waals surface area (Å²) in [6.07, 6.45) is 1.24. The molecule has 0 bridgehead atoms. The standard InChI is InChI=1S/C12H14FNO3/c13-10-6-4-9(5-7-10)12(17)14-8-2-1-3-11(15)16/h4-7H,1-3,8H2,(H,14,17)(H,15,16). The number of hydrogen-bond donors (Lipinski definition) is 2. The van der Waals surface area contributed by atoms with E-state index in [-0.39, 0.29) is 18.1 Å². The second kappa shape index (κ2) is 6.62. The van der Waals surface area contributed by atoms with Gasteiger partial charge in [0.15, 0.2) is 0 Å². The number of unbranched alkanes of at least 4 members (excludes halogenated alkanes) is 1. The van der Waals surface area contributed by atoms with Crippen molar-refractivity contribution in [2.45, 2.75) is 19.3 Å². The fourth-order valence-electron chi connectivity index (χ4n) is 1.31. The molecule has 0 saturated carbocycles. The largest absolute Gasteiger partial charge is 0.481 e. The number of halogens is 1. The number of benzene rings is 1. The van der Waals surface area contributed by atoms with Gasteiger partial charge in [-0.25, -0.2) is 4.39 Å². The van der Waals surface area contributed by atoms with Crippen LogP contribution in [0.2, 0.25) is 0 Å². The number of rotatable bonds is 6. The number of carboxylic acid groups (broad SMARTS) is 1. The second-order valence-electron chi connectivity index (χ2n) is 3.61. The van der Waals surface area contributed by atoms with Gasteiger partial charge in [-0.2, -0.15) is 0 Å². The average molecular weight is 239 g/mol. The minimum atomic E-state index is -0.838. The molecule has 0 unspecified atom stereocenters. The molecule has 1 rings (SSSR count). The topological polar surface area (TPSA) is 66.4 Å². The Morgan fingerprint density at radius 1 is 1.18 bits per heavy atom. The SMILES string of the molecule is O=C(O)CCCCNC(=O)c1ccc(F)cc1. The lowest BCUT2D eigenvalue weighted by Gasteiger charge is -2.04. The van der Waals surface area contributed by atoms with Crippen molar-refractivity contribution in [1.29, 1.82) is 0 Å². The lowest BCUT2D eigenvalue weighted by atomic mass is 10.2. The number of carboxylic acids is 1. The molecule has 0 saturated heterocycles. The van der Waals surface area contributed by atoms with Crippen LogP contribution in [0.5, 0.6) is 0 Å². The molecule has 2 N–H and O–H groups in total. The molecule has 0 aliphatic heterocycles. The molecule has 4 nitrogen and oxygen atoms in total. The van der Waals surface area contributed by atoms with Crippen LogP contribution < -0.4 is 5.32 Å². The van der Waals surface area contributed by atoms with Gasteiger partial charge in [-0.3, -0.25) is 9.59 Å². The van der Waals surface area contributed by atoms with Crippen LogP contribution in [-0.4, -0.2) is 23.5 Å². The zero-order chi connectivity index (χ0) is 12.7. The Bertz CT molecular complexity index is 389. The summed E-state index contributed by atoms with van der Waals surface area (Å²) >= 11 is 0. The Hall–Kier alpha value is -1.91. The third kappa shape index (κ3) is 5.10. The van der Waals surface area contributed by atoms with E-state index in [2.05, 4.69) is 5.32 Å². The van der Waals surface area contributed by atoms with Crippen molar-refractivity contribution >= 4 is 11.9 Å². The Kier molecular flexibility index (Phi) is 5.13. The van der Waals surface area contributed by atoms with Crippen molar-refractivity contribution in [3.63, 3.8) is 0 Å². The van der Waals surface area contributed by atoms with E-state index >= 15 is 0 Å². The maximum Gasteiger partial charge on any atom is 0.303 e. The highest BCUT2D eigenvalue weighted by Crippen LogP contribution is 2.02. The molecule has 0 aliphatic carbocycles. The van der Waals surface area contributed by atoms with E-state index in [0.29, 0.717) is 24.9 Å². The van der Waals surface area contributed by atoms with E-state index in [0.717, 1.165) is 0 Å². The number of amides is 1. The molecule has 0 fully saturated rings. The lowest BCUT2D eigenvalue weighted by molar-refractivity contribution is -0.137. The molecule has 0 heterocycles. The van der Waals surface area contributed by atoms with Crippen LogP contribution in [-0.2, 0) is 4.79 Å². The molecule has 1 aromatic rings. The number of hydrogen-bond acceptors (Lipinski definition) is 2. The Morgan fingerprint density at radius 2 is 1.82 bits per heavy atom. The van der Waals surface area contributed by atoms with Crippen LogP contribution in [0, 0.1) is 5.82 Å². The summed E-state index contributed by atoms with van der Waals surface area (Å²) in [7, 11) is 0. The van der Waals surface area contributed by atoms with Gasteiger partial charge in [0.05, 0.1) is 0 Å². The van der Waals surface area contributed by atoms with Gasteiger partial charge >= 0.3 is 5.97 Å². The average Bonchev–Trinajstić information content (AvgIpc) is 2.29. The molecule has 0 aliphatic rings. The van der Waals surface area contributed by atoms with Gasteiger partial charge in [0.2, 0.25) is 0 Å². The molecule has 17 heavy (non-hydrogen) atoms. The normalized spacial score (nSPS) is 9.94. The summed E-state index contributed by atoms with van der Waals surface area (Å²) in [5, 5.41) is 11.0. The van der Waals surface area contributed by atoms with Gasteiger partial charge < -0.3 is 10.4 Å². The molecule has 1 aromatic carbocycles. The Labute approximate surface area is 98.5 Å². The van der Waals surface area contributed by atoms with E-state index in [9.17, 15) is 14.0 Å². The van der Waals surface area contributed by atoms with Crippen LogP contribution >= 0.6 is 0 Å². The van der Waals surface area contributed by atoms with Gasteiger partial charge in [0.25, 0.3) is 5.91 Å². The van der Waals surface area contributed by atoms with E-state index in [4.69, 9.17) is 5.11 Å². The van der Waals surface area contributed by atoms with Crippen LogP contribution in [0.1, 0.15) is 29.6 Å². The fourth-order valence-corrected chi connectivity index (χ4v) is 1.31. The van der Waals surface area contributed by atoms with Crippen LogP contribution in [0.3, 0.4) is 0 Å². The summed E-state index contributed by atoms with van der Waals surface area (Å²) in [4.78, 5) is 21.7. The van der Waals surface area contributed by atoms with E-state index in [1.165, 1.54) is 24.3 Å². The summed E-state index contributed by atoms with van der Waals surface area (Å²) in [6.45, 7) is 0.420. The number of nitrogens with one attached hydrogen (secondary N) is 1. The highest BCUT2D eigenvalue weighted by molar-refractivity contribution is 5.94. The molecule has 0 spiro atoms. The predicted octanol–water partition coefficient (Wildman–Crippen LogP) is 1.81. The first-order chi connectivity index (χ1) is 8.09. The molecule has 5 heteroatoms. The number of carbonyl (C=O) groups excluding carboxylic acids is 1. The zero-order valence-electron chi connectivity index (χ0n) is 9.28. The molecule has 0 radical (unpaired) electrons. The van der Waals surface area contributed by atoms with E-state index in [1.807, 2.05) is 0 Å². The Morgan fingerprint density at radius 3 is 2.41 bits per heavy atom. The molecule has 0 atom stereocenters. The van der Waals surface area contributed by atoms with Crippen LogP contribution in [0.25, 0.3) is 0 Å². The maximum atomic E-state index is 12.6. The smallest absolute Gasteiger partial charge is 0.303 e. The summed E-state index contributed by atoms with van der Waals surface area (Å²) in [5.74, 6) is -1.50. The lowest BCUT2D eigenvalue weighted by Crippen LogP contribution is -2.24. The van der Waals surface area contributed by atoms with Gasteiger partial charge in [0, 0.05) is 18.5 Å². The first-order valence-electron chi connectivity index (χ1n) is 5.35. The second-order valence-corrected chi connectivity index (χ2v) is 3.61. The van der Waals surface area contributed by atoms with Crippen LogP contribution in [0.4, 0.5) is 4.39 Å². The van der Waals surface area contributed by atoms with E-state index < -0.39 is 5.97 Å². The number of carbonyl (C=O) groups is 2. The van der Waals surface area contributed by atoms with Crippen molar-refractivity contribution in [3.05, 3.63) is 35.6 Å². The molecule has 1 amide bonds. The minimum absolute atomic E-state index is 0.104. The molecular weight excluding hydrogens is 225 g/mol. The van der Waals surface area contributed by atoms with Crippen molar-refractivity contribution in [2.24, 2.45) is 0 Å². The first kappa shape index (κ1) is 13.2. The van der Waals surface area contributed by atoms with Gasteiger partial charge in [-0.05, 0) is 37.1 Å². The minimum Gasteiger partial charge on any atom is -0.481 e. The predicted molar refractivity (Wildman–Crippen MR) is 60.2 cm³/mol. The summed E-state index contributed by atoms with van der Waals surface area (Å²) in [5.41, 5.74) is 0.393.